The average molecular weight is 289 g/mol. The third kappa shape index (κ3) is 3.69. The number of hydrogen-bond donors (Lipinski definition) is 2. The monoisotopic (exact) mass is 289 g/mol. The lowest BCUT2D eigenvalue weighted by atomic mass is 9.86. The minimum atomic E-state index is -0.0609. The molecule has 0 bridgehead atoms. The zero-order chi connectivity index (χ0) is 15.4. The molecule has 1 amide bonds. The number of amides is 1. The molecule has 0 unspecified atom stereocenters. The predicted molar refractivity (Wildman–Crippen MR) is 88.6 cm³/mol. The van der Waals surface area contributed by atoms with E-state index in [1.54, 1.807) is 6.07 Å². The van der Waals surface area contributed by atoms with E-state index < -0.39 is 0 Å². The number of benzene rings is 1. The highest BCUT2D eigenvalue weighted by atomic mass is 16.1. The third-order valence-corrected chi connectivity index (χ3v) is 4.45. The van der Waals surface area contributed by atoms with Crippen molar-refractivity contribution in [2.75, 3.05) is 30.3 Å². The van der Waals surface area contributed by atoms with Crippen molar-refractivity contribution in [2.45, 2.75) is 33.6 Å². The summed E-state index contributed by atoms with van der Waals surface area (Å²) in [6.07, 6.45) is 2.43. The third-order valence-electron chi connectivity index (χ3n) is 4.45. The van der Waals surface area contributed by atoms with Crippen molar-refractivity contribution in [3.05, 3.63) is 23.8 Å². The largest absolute Gasteiger partial charge is 0.397 e. The van der Waals surface area contributed by atoms with E-state index >= 15 is 0 Å². The molecule has 1 saturated heterocycles. The molecule has 2 rings (SSSR count). The van der Waals surface area contributed by atoms with Crippen molar-refractivity contribution < 1.29 is 4.79 Å². The Morgan fingerprint density at radius 3 is 2.57 bits per heavy atom. The van der Waals surface area contributed by atoms with E-state index in [0.717, 1.165) is 30.6 Å². The van der Waals surface area contributed by atoms with Crippen LogP contribution >= 0.6 is 0 Å². The minimum Gasteiger partial charge on any atom is -0.397 e. The number of hydrogen-bond acceptors (Lipinski definition) is 3. The molecule has 1 aromatic carbocycles. The molecule has 0 radical (unpaired) electrons. The van der Waals surface area contributed by atoms with Gasteiger partial charge in [0.2, 0.25) is 0 Å². The van der Waals surface area contributed by atoms with E-state index in [1.165, 1.54) is 12.8 Å². The Hall–Kier alpha value is -1.71. The highest BCUT2D eigenvalue weighted by Gasteiger charge is 2.22. The zero-order valence-electron chi connectivity index (χ0n) is 13.4. The van der Waals surface area contributed by atoms with Gasteiger partial charge < -0.3 is 16.0 Å². The lowest BCUT2D eigenvalue weighted by molar-refractivity contribution is 0.0956. The number of anilines is 2. The molecule has 4 nitrogen and oxygen atoms in total. The first-order chi connectivity index (χ1) is 10.0. The summed E-state index contributed by atoms with van der Waals surface area (Å²) in [4.78, 5) is 14.2. The summed E-state index contributed by atoms with van der Waals surface area (Å²) in [6.45, 7) is 9.24. The summed E-state index contributed by atoms with van der Waals surface area (Å²) < 4.78 is 0. The van der Waals surface area contributed by atoms with Crippen molar-refractivity contribution in [2.24, 2.45) is 11.8 Å². The number of carbonyl (C=O) groups excluding carboxylic acids is 1. The molecule has 3 N–H and O–H groups in total. The lowest BCUT2D eigenvalue weighted by Crippen LogP contribution is -2.35. The fourth-order valence-electron chi connectivity index (χ4n) is 3.05. The van der Waals surface area contributed by atoms with Gasteiger partial charge in [0.25, 0.3) is 5.91 Å². The van der Waals surface area contributed by atoms with Crippen molar-refractivity contribution in [3.63, 3.8) is 0 Å². The summed E-state index contributed by atoms with van der Waals surface area (Å²) in [5, 5.41) is 2.80. The van der Waals surface area contributed by atoms with Crippen molar-refractivity contribution in [3.8, 4) is 0 Å². The molecular formula is C17H27N3O. The Balaban J connectivity index is 2.06. The molecule has 1 heterocycles. The van der Waals surface area contributed by atoms with Crippen LogP contribution in [0.25, 0.3) is 0 Å². The van der Waals surface area contributed by atoms with E-state index in [-0.39, 0.29) is 5.91 Å². The molecule has 21 heavy (non-hydrogen) atoms. The van der Waals surface area contributed by atoms with Gasteiger partial charge in [-0.15, -0.1) is 0 Å². The Morgan fingerprint density at radius 1 is 1.38 bits per heavy atom. The van der Waals surface area contributed by atoms with Gasteiger partial charge in [-0.3, -0.25) is 4.79 Å². The highest BCUT2D eigenvalue weighted by Crippen LogP contribution is 2.31. The average Bonchev–Trinajstić information content (AvgIpc) is 2.47. The topological polar surface area (TPSA) is 58.4 Å². The van der Waals surface area contributed by atoms with Crippen LogP contribution in [0.4, 0.5) is 11.4 Å². The van der Waals surface area contributed by atoms with E-state index in [9.17, 15) is 4.79 Å². The Bertz CT molecular complexity index is 491. The summed E-state index contributed by atoms with van der Waals surface area (Å²) in [6, 6.07) is 5.63. The number of rotatable bonds is 4. The van der Waals surface area contributed by atoms with Crippen molar-refractivity contribution >= 4 is 17.3 Å². The maximum Gasteiger partial charge on any atom is 0.251 e. The van der Waals surface area contributed by atoms with Crippen LogP contribution < -0.4 is 16.0 Å². The highest BCUT2D eigenvalue weighted by molar-refractivity contribution is 5.96. The first-order valence-corrected chi connectivity index (χ1v) is 7.95. The Labute approximate surface area is 127 Å². The minimum absolute atomic E-state index is 0.0609. The first kappa shape index (κ1) is 15.7. The van der Waals surface area contributed by atoms with Crippen LogP contribution in [0, 0.1) is 11.8 Å². The van der Waals surface area contributed by atoms with Crippen LogP contribution in [0.3, 0.4) is 0 Å². The quantitative estimate of drug-likeness (QED) is 0.838. The van der Waals surface area contributed by atoms with Gasteiger partial charge in [-0.25, -0.2) is 0 Å². The number of carbonyl (C=O) groups is 1. The SMILES string of the molecule is CCNC(=O)c1ccc(N2CCC(C(C)C)CC2)c(N)c1. The Kier molecular flexibility index (Phi) is 5.10. The molecule has 1 aliphatic heterocycles. The van der Waals surface area contributed by atoms with E-state index in [1.807, 2.05) is 19.1 Å². The van der Waals surface area contributed by atoms with Gasteiger partial charge in [0.15, 0.2) is 0 Å². The number of nitrogens with zero attached hydrogens (tertiary/aromatic N) is 1. The van der Waals surface area contributed by atoms with Gasteiger partial charge in [0, 0.05) is 25.2 Å². The summed E-state index contributed by atoms with van der Waals surface area (Å²) >= 11 is 0. The van der Waals surface area contributed by atoms with Crippen LogP contribution in [0.1, 0.15) is 44.0 Å². The fraction of sp³-hybridized carbons (Fsp3) is 0.588. The van der Waals surface area contributed by atoms with Crippen LogP contribution in [-0.2, 0) is 0 Å². The van der Waals surface area contributed by atoms with Gasteiger partial charge in [0.05, 0.1) is 11.4 Å². The van der Waals surface area contributed by atoms with Crippen LogP contribution in [0.2, 0.25) is 0 Å². The maximum absolute atomic E-state index is 11.8. The Morgan fingerprint density at radius 2 is 2.05 bits per heavy atom. The molecule has 1 fully saturated rings. The predicted octanol–water partition coefficient (Wildman–Crippen LogP) is 2.89. The summed E-state index contributed by atoms with van der Waals surface area (Å²) in [7, 11) is 0. The second-order valence-electron chi connectivity index (χ2n) is 6.20. The molecule has 0 atom stereocenters. The van der Waals surface area contributed by atoms with E-state index in [2.05, 4.69) is 24.1 Å². The fourth-order valence-corrected chi connectivity index (χ4v) is 3.05. The molecular weight excluding hydrogens is 262 g/mol. The molecule has 1 aromatic rings. The van der Waals surface area contributed by atoms with E-state index in [4.69, 9.17) is 5.73 Å². The molecule has 116 valence electrons. The number of nitrogen functional groups attached to an aromatic ring is 1. The molecule has 4 heteroatoms. The van der Waals surface area contributed by atoms with Crippen LogP contribution in [0.5, 0.6) is 0 Å². The molecule has 1 aliphatic rings. The second-order valence-corrected chi connectivity index (χ2v) is 6.20. The smallest absolute Gasteiger partial charge is 0.251 e. The van der Waals surface area contributed by atoms with Crippen LogP contribution in [-0.4, -0.2) is 25.5 Å². The molecule has 0 aromatic heterocycles. The number of nitrogens with two attached hydrogens (primary N) is 1. The molecule has 0 aliphatic carbocycles. The normalized spacial score (nSPS) is 16.3. The number of piperidine rings is 1. The maximum atomic E-state index is 11.8. The summed E-state index contributed by atoms with van der Waals surface area (Å²) in [5.41, 5.74) is 8.55. The van der Waals surface area contributed by atoms with Gasteiger partial charge in [-0.05, 0) is 49.8 Å². The summed E-state index contributed by atoms with van der Waals surface area (Å²) in [5.74, 6) is 1.51. The molecule has 0 spiro atoms. The second kappa shape index (κ2) is 6.83. The standard InChI is InChI=1S/C17H27N3O/c1-4-19-17(21)14-5-6-16(15(18)11-14)20-9-7-13(8-10-20)12(2)3/h5-6,11-13H,4,7-10,18H2,1-3H3,(H,19,21). The van der Waals surface area contributed by atoms with Crippen molar-refractivity contribution in [1.29, 1.82) is 0 Å². The van der Waals surface area contributed by atoms with Gasteiger partial charge in [-0.2, -0.15) is 0 Å². The first-order valence-electron chi connectivity index (χ1n) is 7.95. The van der Waals surface area contributed by atoms with Crippen molar-refractivity contribution in [1.82, 2.24) is 5.32 Å². The lowest BCUT2D eigenvalue weighted by Gasteiger charge is -2.36. The van der Waals surface area contributed by atoms with Crippen LogP contribution in [0.15, 0.2) is 18.2 Å². The van der Waals surface area contributed by atoms with Gasteiger partial charge in [-0.1, -0.05) is 13.8 Å². The van der Waals surface area contributed by atoms with Gasteiger partial charge >= 0.3 is 0 Å². The number of nitrogens with one attached hydrogen (secondary N) is 1. The molecule has 0 saturated carbocycles. The zero-order valence-corrected chi connectivity index (χ0v) is 13.4. The van der Waals surface area contributed by atoms with Gasteiger partial charge in [0.1, 0.15) is 0 Å². The van der Waals surface area contributed by atoms with E-state index in [0.29, 0.717) is 17.8 Å².